The fourth-order valence-corrected chi connectivity index (χ4v) is 3.97. The molecule has 0 amide bonds. The Morgan fingerprint density at radius 3 is 2.71 bits per heavy atom. The third-order valence-corrected chi connectivity index (χ3v) is 5.64. The Morgan fingerprint density at radius 2 is 2.00 bits per heavy atom. The number of hydrogen-bond acceptors (Lipinski definition) is 4. The van der Waals surface area contributed by atoms with Gasteiger partial charge in [-0.3, -0.25) is 4.99 Å². The number of halogens is 1. The van der Waals surface area contributed by atoms with Gasteiger partial charge in [-0.2, -0.15) is 0 Å². The number of pyridine rings is 1. The number of anilines is 1. The average molecular weight is 402 g/mol. The van der Waals surface area contributed by atoms with Crippen LogP contribution in [0.5, 0.6) is 0 Å². The van der Waals surface area contributed by atoms with E-state index in [0.29, 0.717) is 17.5 Å². The van der Waals surface area contributed by atoms with E-state index in [4.69, 9.17) is 0 Å². The Kier molecular flexibility index (Phi) is 7.96. The Balaban J connectivity index is 1.45. The number of nitrogens with zero attached hydrogens (tertiary/aromatic N) is 3. The van der Waals surface area contributed by atoms with Crippen LogP contribution in [0.25, 0.3) is 0 Å². The second-order valence-corrected chi connectivity index (χ2v) is 7.77. The van der Waals surface area contributed by atoms with Gasteiger partial charge in [0.05, 0.1) is 6.54 Å². The number of rotatable bonds is 7. The van der Waals surface area contributed by atoms with Gasteiger partial charge in [0.25, 0.3) is 0 Å². The van der Waals surface area contributed by atoms with Crippen LogP contribution >= 0.6 is 11.8 Å². The minimum Gasteiger partial charge on any atom is -0.357 e. The molecule has 2 aromatic rings. The van der Waals surface area contributed by atoms with Crippen molar-refractivity contribution in [2.75, 3.05) is 36.8 Å². The van der Waals surface area contributed by atoms with Gasteiger partial charge in [0, 0.05) is 42.5 Å². The van der Waals surface area contributed by atoms with Crippen molar-refractivity contribution in [1.29, 1.82) is 0 Å². The number of guanidine groups is 1. The van der Waals surface area contributed by atoms with E-state index in [2.05, 4.69) is 38.5 Å². The lowest BCUT2D eigenvalue weighted by atomic mass is 10.1. The van der Waals surface area contributed by atoms with Gasteiger partial charge in [-0.05, 0) is 44.0 Å². The average Bonchev–Trinajstić information content (AvgIpc) is 2.73. The van der Waals surface area contributed by atoms with Crippen LogP contribution in [0.1, 0.15) is 19.8 Å². The third kappa shape index (κ3) is 6.12. The largest absolute Gasteiger partial charge is 0.357 e. The van der Waals surface area contributed by atoms with Gasteiger partial charge in [0.2, 0.25) is 0 Å². The second kappa shape index (κ2) is 10.9. The maximum absolute atomic E-state index is 13.7. The molecule has 0 bridgehead atoms. The fraction of sp³-hybridized carbons (Fsp3) is 0.429. The summed E-state index contributed by atoms with van der Waals surface area (Å²) in [5, 5.41) is 6.86. The number of thioether (sulfide) groups is 1. The summed E-state index contributed by atoms with van der Waals surface area (Å²) < 4.78 is 13.7. The van der Waals surface area contributed by atoms with Gasteiger partial charge in [-0.15, -0.1) is 11.8 Å². The quantitative estimate of drug-likeness (QED) is 0.322. The molecule has 5 nitrogen and oxygen atoms in total. The van der Waals surface area contributed by atoms with Gasteiger partial charge < -0.3 is 15.5 Å². The molecule has 2 heterocycles. The lowest BCUT2D eigenvalue weighted by molar-refractivity contribution is 0.460. The van der Waals surface area contributed by atoms with Crippen LogP contribution in [0, 0.1) is 5.82 Å². The van der Waals surface area contributed by atoms with E-state index in [1.54, 1.807) is 6.07 Å². The SMILES string of the molecule is CCNC(=NCCSc1ccccc1F)NC1CCN(c2ccccn2)CC1. The van der Waals surface area contributed by atoms with E-state index in [-0.39, 0.29) is 5.82 Å². The van der Waals surface area contributed by atoms with Crippen molar-refractivity contribution in [3.05, 3.63) is 54.5 Å². The summed E-state index contributed by atoms with van der Waals surface area (Å²) in [6.07, 6.45) is 3.94. The number of aliphatic imine (C=N–C) groups is 1. The van der Waals surface area contributed by atoms with Crippen LogP contribution in [0.15, 0.2) is 58.5 Å². The van der Waals surface area contributed by atoms with Crippen LogP contribution < -0.4 is 15.5 Å². The van der Waals surface area contributed by atoms with Crippen molar-refractivity contribution >= 4 is 23.5 Å². The normalized spacial score (nSPS) is 15.5. The molecule has 150 valence electrons. The van der Waals surface area contributed by atoms with Crippen molar-refractivity contribution < 1.29 is 4.39 Å². The monoisotopic (exact) mass is 401 g/mol. The first-order valence-corrected chi connectivity index (χ1v) is 10.8. The molecule has 0 atom stereocenters. The van der Waals surface area contributed by atoms with E-state index in [1.807, 2.05) is 30.5 Å². The summed E-state index contributed by atoms with van der Waals surface area (Å²) in [6, 6.07) is 13.3. The van der Waals surface area contributed by atoms with Crippen LogP contribution in [0.2, 0.25) is 0 Å². The Hall–Kier alpha value is -2.28. The first kappa shape index (κ1) is 20.5. The van der Waals surface area contributed by atoms with Crippen LogP contribution in [-0.4, -0.2) is 48.9 Å². The molecule has 28 heavy (non-hydrogen) atoms. The minimum absolute atomic E-state index is 0.166. The number of nitrogens with one attached hydrogen (secondary N) is 2. The summed E-state index contributed by atoms with van der Waals surface area (Å²) in [7, 11) is 0. The molecule has 1 aromatic heterocycles. The van der Waals surface area contributed by atoms with Crippen molar-refractivity contribution in [2.45, 2.75) is 30.7 Å². The lowest BCUT2D eigenvalue weighted by Gasteiger charge is -2.33. The van der Waals surface area contributed by atoms with Crippen molar-refractivity contribution in [3.63, 3.8) is 0 Å². The summed E-state index contributed by atoms with van der Waals surface area (Å²) in [5.41, 5.74) is 0. The molecular formula is C21H28FN5S. The van der Waals surface area contributed by atoms with Crippen molar-refractivity contribution in [2.24, 2.45) is 4.99 Å². The topological polar surface area (TPSA) is 52.6 Å². The van der Waals surface area contributed by atoms with Gasteiger partial charge in [-0.1, -0.05) is 18.2 Å². The molecule has 1 aromatic carbocycles. The van der Waals surface area contributed by atoms with E-state index in [1.165, 1.54) is 17.8 Å². The summed E-state index contributed by atoms with van der Waals surface area (Å²) in [5.74, 6) is 2.47. The summed E-state index contributed by atoms with van der Waals surface area (Å²) >= 11 is 1.50. The van der Waals surface area contributed by atoms with Crippen LogP contribution in [-0.2, 0) is 0 Å². The molecule has 0 saturated carbocycles. The molecule has 7 heteroatoms. The lowest BCUT2D eigenvalue weighted by Crippen LogP contribution is -2.49. The Labute approximate surface area is 170 Å². The highest BCUT2D eigenvalue weighted by atomic mass is 32.2. The maximum Gasteiger partial charge on any atom is 0.191 e. The van der Waals surface area contributed by atoms with Crippen LogP contribution in [0.3, 0.4) is 0 Å². The number of benzene rings is 1. The summed E-state index contributed by atoms with van der Waals surface area (Å²) in [6.45, 7) is 5.49. The molecule has 1 saturated heterocycles. The second-order valence-electron chi connectivity index (χ2n) is 6.63. The van der Waals surface area contributed by atoms with Gasteiger partial charge in [-0.25, -0.2) is 9.37 Å². The minimum atomic E-state index is -0.166. The highest BCUT2D eigenvalue weighted by Gasteiger charge is 2.20. The van der Waals surface area contributed by atoms with Gasteiger partial charge in [0.15, 0.2) is 5.96 Å². The van der Waals surface area contributed by atoms with Gasteiger partial charge >= 0.3 is 0 Å². The highest BCUT2D eigenvalue weighted by molar-refractivity contribution is 7.99. The zero-order valence-electron chi connectivity index (χ0n) is 16.3. The van der Waals surface area contributed by atoms with Gasteiger partial charge in [0.1, 0.15) is 11.6 Å². The van der Waals surface area contributed by atoms with E-state index in [9.17, 15) is 4.39 Å². The molecule has 2 N–H and O–H groups in total. The first-order chi connectivity index (χ1) is 13.8. The molecule has 1 aliphatic rings. The smallest absolute Gasteiger partial charge is 0.191 e. The predicted molar refractivity (Wildman–Crippen MR) is 116 cm³/mol. The fourth-order valence-electron chi connectivity index (χ4n) is 3.18. The zero-order valence-corrected chi connectivity index (χ0v) is 17.1. The molecule has 0 aliphatic carbocycles. The van der Waals surface area contributed by atoms with Crippen molar-refractivity contribution in [1.82, 2.24) is 15.6 Å². The molecule has 3 rings (SSSR count). The molecule has 1 aliphatic heterocycles. The maximum atomic E-state index is 13.7. The predicted octanol–water partition coefficient (Wildman–Crippen LogP) is 3.54. The molecule has 0 radical (unpaired) electrons. The number of hydrogen-bond donors (Lipinski definition) is 2. The first-order valence-electron chi connectivity index (χ1n) is 9.84. The Bertz CT molecular complexity index is 747. The van der Waals surface area contributed by atoms with E-state index < -0.39 is 0 Å². The number of aromatic nitrogens is 1. The standard InChI is InChI=1S/C21H28FN5S/c1-2-23-21(25-13-16-28-19-8-4-3-7-18(19)22)26-17-10-14-27(15-11-17)20-9-5-6-12-24-20/h3-9,12,17H,2,10-11,13-16H2,1H3,(H2,23,25,26). The highest BCUT2D eigenvalue weighted by Crippen LogP contribution is 2.21. The molecule has 1 fully saturated rings. The summed E-state index contributed by atoms with van der Waals surface area (Å²) in [4.78, 5) is 12.1. The molecular weight excluding hydrogens is 373 g/mol. The van der Waals surface area contributed by atoms with E-state index in [0.717, 1.165) is 50.0 Å². The third-order valence-electron chi connectivity index (χ3n) is 4.61. The number of piperidine rings is 1. The molecule has 0 unspecified atom stereocenters. The van der Waals surface area contributed by atoms with Crippen molar-refractivity contribution in [3.8, 4) is 0 Å². The molecule has 0 spiro atoms. The van der Waals surface area contributed by atoms with E-state index >= 15 is 0 Å². The zero-order chi connectivity index (χ0) is 19.6. The Morgan fingerprint density at radius 1 is 1.21 bits per heavy atom. The van der Waals surface area contributed by atoms with Crippen LogP contribution in [0.4, 0.5) is 10.2 Å².